The summed E-state index contributed by atoms with van der Waals surface area (Å²) >= 11 is 0. The molecule has 0 spiro atoms. The van der Waals surface area contributed by atoms with E-state index in [1.165, 1.54) is 0 Å². The molecule has 25 heavy (non-hydrogen) atoms. The topological polar surface area (TPSA) is 34.1 Å². The molecule has 3 aromatic rings. The van der Waals surface area contributed by atoms with Crippen molar-refractivity contribution in [3.8, 4) is 11.1 Å². The summed E-state index contributed by atoms with van der Waals surface area (Å²) < 4.78 is 12.5. The Morgan fingerprint density at radius 2 is 1.32 bits per heavy atom. The molecule has 0 aromatic heterocycles. The van der Waals surface area contributed by atoms with Gasteiger partial charge in [0.15, 0.2) is 6.29 Å². The maximum absolute atomic E-state index is 12.5. The SMILES string of the molecule is Cc1ccc(S(=O)/C=C/c2ccccc2-c2ccccc2C=O)cc1. The lowest BCUT2D eigenvalue weighted by atomic mass is 9.96. The predicted octanol–water partition coefficient (Wildman–Crippen LogP) is 5.25. The fourth-order valence-electron chi connectivity index (χ4n) is 2.62. The van der Waals surface area contributed by atoms with Crippen LogP contribution >= 0.6 is 0 Å². The summed E-state index contributed by atoms with van der Waals surface area (Å²) in [7, 11) is -1.21. The third-order valence-electron chi connectivity index (χ3n) is 3.96. The lowest BCUT2D eigenvalue weighted by molar-refractivity contribution is 0.112. The Labute approximate surface area is 150 Å². The molecule has 0 saturated heterocycles. The van der Waals surface area contributed by atoms with Crippen LogP contribution in [0.3, 0.4) is 0 Å². The molecule has 1 unspecified atom stereocenters. The summed E-state index contributed by atoms with van der Waals surface area (Å²) in [5.74, 6) is 0. The van der Waals surface area contributed by atoms with Gasteiger partial charge in [-0.3, -0.25) is 4.79 Å². The summed E-state index contributed by atoms with van der Waals surface area (Å²) in [4.78, 5) is 12.1. The van der Waals surface area contributed by atoms with Gasteiger partial charge >= 0.3 is 0 Å². The van der Waals surface area contributed by atoms with E-state index >= 15 is 0 Å². The second-order valence-electron chi connectivity index (χ2n) is 5.71. The monoisotopic (exact) mass is 346 g/mol. The van der Waals surface area contributed by atoms with Gasteiger partial charge in [0.05, 0.1) is 10.8 Å². The molecule has 0 aliphatic rings. The van der Waals surface area contributed by atoms with E-state index in [1.54, 1.807) is 11.5 Å². The number of rotatable bonds is 5. The molecule has 0 N–H and O–H groups in total. The summed E-state index contributed by atoms with van der Waals surface area (Å²) in [6.07, 6.45) is 2.72. The van der Waals surface area contributed by atoms with Crippen LogP contribution in [0, 0.1) is 6.92 Å². The predicted molar refractivity (Wildman–Crippen MR) is 104 cm³/mol. The van der Waals surface area contributed by atoms with Crippen LogP contribution < -0.4 is 0 Å². The number of hydrogen-bond acceptors (Lipinski definition) is 2. The molecule has 0 amide bonds. The molecule has 3 rings (SSSR count). The van der Waals surface area contributed by atoms with E-state index in [0.717, 1.165) is 33.4 Å². The molecular weight excluding hydrogens is 328 g/mol. The first-order valence-corrected chi connectivity index (χ1v) is 9.19. The molecule has 0 bridgehead atoms. The smallest absolute Gasteiger partial charge is 0.150 e. The second-order valence-corrected chi connectivity index (χ2v) is 7.04. The minimum absolute atomic E-state index is 0.642. The van der Waals surface area contributed by atoms with Crippen molar-refractivity contribution in [1.82, 2.24) is 0 Å². The lowest BCUT2D eigenvalue weighted by Gasteiger charge is -2.08. The number of aldehydes is 1. The van der Waals surface area contributed by atoms with Gasteiger partial charge in [0.2, 0.25) is 0 Å². The number of benzene rings is 3. The van der Waals surface area contributed by atoms with Crippen LogP contribution in [-0.4, -0.2) is 10.5 Å². The van der Waals surface area contributed by atoms with Gasteiger partial charge in [-0.05, 0) is 41.8 Å². The van der Waals surface area contributed by atoms with Crippen LogP contribution in [0.25, 0.3) is 17.2 Å². The Kier molecular flexibility index (Phi) is 5.36. The highest BCUT2D eigenvalue weighted by atomic mass is 32.2. The van der Waals surface area contributed by atoms with E-state index in [4.69, 9.17) is 0 Å². The number of aryl methyl sites for hydroxylation is 1. The molecule has 3 aromatic carbocycles. The Hall–Kier alpha value is -2.78. The molecule has 0 aliphatic heterocycles. The molecule has 0 heterocycles. The Morgan fingerprint density at radius 1 is 0.760 bits per heavy atom. The van der Waals surface area contributed by atoms with Crippen molar-refractivity contribution in [2.75, 3.05) is 0 Å². The van der Waals surface area contributed by atoms with Crippen molar-refractivity contribution in [3.63, 3.8) is 0 Å². The van der Waals surface area contributed by atoms with E-state index < -0.39 is 10.8 Å². The van der Waals surface area contributed by atoms with Gasteiger partial charge in [-0.2, -0.15) is 0 Å². The van der Waals surface area contributed by atoms with Gasteiger partial charge in [-0.25, -0.2) is 4.21 Å². The average Bonchev–Trinajstić information content (AvgIpc) is 2.67. The molecule has 0 radical (unpaired) electrons. The molecular formula is C22H18O2S. The highest BCUT2D eigenvalue weighted by Gasteiger charge is 2.07. The highest BCUT2D eigenvalue weighted by molar-refractivity contribution is 7.88. The van der Waals surface area contributed by atoms with Crippen molar-refractivity contribution in [2.45, 2.75) is 11.8 Å². The molecule has 124 valence electrons. The summed E-state index contributed by atoms with van der Waals surface area (Å²) in [6, 6.07) is 22.9. The summed E-state index contributed by atoms with van der Waals surface area (Å²) in [5, 5.41) is 1.69. The molecule has 0 aliphatic carbocycles. The van der Waals surface area contributed by atoms with Crippen molar-refractivity contribution in [3.05, 3.63) is 94.9 Å². The van der Waals surface area contributed by atoms with Gasteiger partial charge < -0.3 is 0 Å². The fraction of sp³-hybridized carbons (Fsp3) is 0.0455. The summed E-state index contributed by atoms with van der Waals surface area (Å²) in [5.41, 5.74) is 4.53. The first-order valence-electron chi connectivity index (χ1n) is 7.98. The fourth-order valence-corrected chi connectivity index (χ4v) is 3.45. The van der Waals surface area contributed by atoms with Crippen LogP contribution in [-0.2, 0) is 10.8 Å². The van der Waals surface area contributed by atoms with Gasteiger partial charge in [0.25, 0.3) is 0 Å². The molecule has 0 fully saturated rings. The van der Waals surface area contributed by atoms with Gasteiger partial charge in [-0.15, -0.1) is 0 Å². The maximum Gasteiger partial charge on any atom is 0.150 e. The summed E-state index contributed by atoms with van der Waals surface area (Å²) in [6.45, 7) is 2.00. The normalized spacial score (nSPS) is 12.2. The van der Waals surface area contributed by atoms with Crippen LogP contribution in [0.2, 0.25) is 0 Å². The van der Waals surface area contributed by atoms with Crippen molar-refractivity contribution >= 4 is 23.2 Å². The second kappa shape index (κ2) is 7.86. The van der Waals surface area contributed by atoms with Crippen molar-refractivity contribution < 1.29 is 9.00 Å². The van der Waals surface area contributed by atoms with Crippen LogP contribution in [0.5, 0.6) is 0 Å². The van der Waals surface area contributed by atoms with E-state index in [9.17, 15) is 9.00 Å². The number of hydrogen-bond donors (Lipinski definition) is 0. The van der Waals surface area contributed by atoms with Crippen LogP contribution in [0.1, 0.15) is 21.5 Å². The zero-order valence-corrected chi connectivity index (χ0v) is 14.7. The molecule has 3 heteroatoms. The van der Waals surface area contributed by atoms with Gasteiger partial charge in [-0.1, -0.05) is 66.2 Å². The number of carbonyl (C=O) groups excluding carboxylic acids is 1. The highest BCUT2D eigenvalue weighted by Crippen LogP contribution is 2.27. The molecule has 2 nitrogen and oxygen atoms in total. The number of carbonyl (C=O) groups is 1. The first kappa shape index (κ1) is 17.1. The quantitative estimate of drug-likeness (QED) is 0.591. The van der Waals surface area contributed by atoms with Gasteiger partial charge in [0.1, 0.15) is 0 Å². The van der Waals surface area contributed by atoms with E-state index in [1.807, 2.05) is 79.7 Å². The van der Waals surface area contributed by atoms with Crippen molar-refractivity contribution in [1.29, 1.82) is 0 Å². The van der Waals surface area contributed by atoms with E-state index in [-0.39, 0.29) is 0 Å². The Balaban J connectivity index is 1.95. The minimum Gasteiger partial charge on any atom is -0.298 e. The third-order valence-corrected chi connectivity index (χ3v) is 5.08. The zero-order chi connectivity index (χ0) is 17.6. The maximum atomic E-state index is 12.5. The molecule has 0 saturated carbocycles. The largest absolute Gasteiger partial charge is 0.298 e. The lowest BCUT2D eigenvalue weighted by Crippen LogP contribution is -1.90. The third kappa shape index (κ3) is 4.01. The standard InChI is InChI=1S/C22H18O2S/c1-17-10-12-20(13-11-17)25(24)15-14-18-6-2-4-8-21(18)22-9-5-3-7-19(22)16-23/h2-16H,1H3/b15-14+. The van der Waals surface area contributed by atoms with E-state index in [2.05, 4.69) is 0 Å². The van der Waals surface area contributed by atoms with Crippen molar-refractivity contribution in [2.24, 2.45) is 0 Å². The Bertz CT molecular complexity index is 940. The average molecular weight is 346 g/mol. The van der Waals surface area contributed by atoms with Gasteiger partial charge in [0, 0.05) is 15.9 Å². The zero-order valence-electron chi connectivity index (χ0n) is 13.9. The molecule has 1 atom stereocenters. The van der Waals surface area contributed by atoms with Crippen LogP contribution in [0.4, 0.5) is 0 Å². The van der Waals surface area contributed by atoms with E-state index in [0.29, 0.717) is 5.56 Å². The minimum atomic E-state index is -1.21. The van der Waals surface area contributed by atoms with Crippen LogP contribution in [0.15, 0.2) is 83.1 Å². The first-order chi connectivity index (χ1) is 12.2. The Morgan fingerprint density at radius 3 is 1.96 bits per heavy atom.